The second kappa shape index (κ2) is 9.44. The first-order chi connectivity index (χ1) is 13.6. The van der Waals surface area contributed by atoms with E-state index in [9.17, 15) is 9.59 Å². The minimum absolute atomic E-state index is 0.110. The SMILES string of the molecule is Cc1cccc(C)c1OCCCC(=O)N1CCCN(C(=O)c2ccco2)CC1. The van der Waals surface area contributed by atoms with E-state index >= 15 is 0 Å². The van der Waals surface area contributed by atoms with Crippen molar-refractivity contribution in [2.45, 2.75) is 33.1 Å². The Morgan fingerprint density at radius 1 is 1.00 bits per heavy atom. The molecule has 2 heterocycles. The first-order valence-corrected chi connectivity index (χ1v) is 9.86. The molecular weight excluding hydrogens is 356 g/mol. The number of rotatable bonds is 6. The van der Waals surface area contributed by atoms with Crippen LogP contribution in [0.2, 0.25) is 0 Å². The Morgan fingerprint density at radius 2 is 1.71 bits per heavy atom. The average molecular weight is 384 g/mol. The van der Waals surface area contributed by atoms with Gasteiger partial charge in [0.1, 0.15) is 5.75 Å². The van der Waals surface area contributed by atoms with Gasteiger partial charge in [0.05, 0.1) is 12.9 Å². The van der Waals surface area contributed by atoms with E-state index in [1.807, 2.05) is 36.9 Å². The van der Waals surface area contributed by atoms with Crippen molar-refractivity contribution in [2.24, 2.45) is 0 Å². The third kappa shape index (κ3) is 4.94. The monoisotopic (exact) mass is 384 g/mol. The molecule has 6 nitrogen and oxygen atoms in total. The number of hydrogen-bond donors (Lipinski definition) is 0. The highest BCUT2D eigenvalue weighted by molar-refractivity contribution is 5.91. The number of ether oxygens (including phenoxy) is 1. The van der Waals surface area contributed by atoms with Crippen LogP contribution in [0.5, 0.6) is 5.75 Å². The summed E-state index contributed by atoms with van der Waals surface area (Å²) in [6, 6.07) is 9.45. The minimum atomic E-state index is -0.110. The van der Waals surface area contributed by atoms with Gasteiger partial charge in [-0.05, 0) is 49.9 Å². The quantitative estimate of drug-likeness (QED) is 0.716. The number of aryl methyl sites for hydroxylation is 2. The van der Waals surface area contributed by atoms with Gasteiger partial charge < -0.3 is 19.0 Å². The zero-order valence-electron chi connectivity index (χ0n) is 16.6. The third-order valence-corrected chi connectivity index (χ3v) is 5.06. The average Bonchev–Trinajstić information content (AvgIpc) is 3.10. The highest BCUT2D eigenvalue weighted by Crippen LogP contribution is 2.22. The summed E-state index contributed by atoms with van der Waals surface area (Å²) in [5.74, 6) is 1.28. The van der Waals surface area contributed by atoms with Gasteiger partial charge in [0, 0.05) is 32.6 Å². The largest absolute Gasteiger partial charge is 0.493 e. The van der Waals surface area contributed by atoms with Crippen LogP contribution in [-0.2, 0) is 4.79 Å². The molecular formula is C22H28N2O4. The lowest BCUT2D eigenvalue weighted by Gasteiger charge is -2.21. The fraction of sp³-hybridized carbons (Fsp3) is 0.455. The maximum Gasteiger partial charge on any atom is 0.289 e. The van der Waals surface area contributed by atoms with Crippen LogP contribution >= 0.6 is 0 Å². The molecule has 1 fully saturated rings. The molecule has 3 rings (SSSR count). The number of furan rings is 1. The Bertz CT molecular complexity index is 781. The molecule has 0 aliphatic carbocycles. The van der Waals surface area contributed by atoms with Crippen molar-refractivity contribution < 1.29 is 18.7 Å². The number of amides is 2. The Kier molecular flexibility index (Phi) is 6.74. The molecule has 1 saturated heterocycles. The molecule has 0 bridgehead atoms. The molecule has 28 heavy (non-hydrogen) atoms. The number of carbonyl (C=O) groups is 2. The molecule has 1 aromatic heterocycles. The van der Waals surface area contributed by atoms with Crippen molar-refractivity contribution in [3.63, 3.8) is 0 Å². The second-order valence-electron chi connectivity index (χ2n) is 7.18. The normalized spacial score (nSPS) is 14.6. The molecule has 1 aliphatic heterocycles. The van der Waals surface area contributed by atoms with Crippen molar-refractivity contribution in [1.29, 1.82) is 0 Å². The van der Waals surface area contributed by atoms with E-state index in [2.05, 4.69) is 0 Å². The van der Waals surface area contributed by atoms with E-state index in [4.69, 9.17) is 9.15 Å². The summed E-state index contributed by atoms with van der Waals surface area (Å²) < 4.78 is 11.1. The molecule has 2 amide bonds. The zero-order valence-corrected chi connectivity index (χ0v) is 16.6. The van der Waals surface area contributed by atoms with Gasteiger partial charge in [-0.1, -0.05) is 18.2 Å². The summed E-state index contributed by atoms with van der Waals surface area (Å²) in [6.07, 6.45) is 3.41. The number of carbonyl (C=O) groups excluding carboxylic acids is 2. The van der Waals surface area contributed by atoms with E-state index in [0.29, 0.717) is 51.4 Å². The van der Waals surface area contributed by atoms with Gasteiger partial charge >= 0.3 is 0 Å². The topological polar surface area (TPSA) is 63.0 Å². The molecule has 1 aliphatic rings. The van der Waals surface area contributed by atoms with Gasteiger partial charge in [0.25, 0.3) is 5.91 Å². The number of para-hydroxylation sites is 1. The lowest BCUT2D eigenvalue weighted by Crippen LogP contribution is -2.37. The van der Waals surface area contributed by atoms with Crippen LogP contribution in [0.1, 0.15) is 40.9 Å². The first kappa shape index (κ1) is 20.0. The number of benzene rings is 1. The molecule has 0 saturated carbocycles. The fourth-order valence-corrected chi connectivity index (χ4v) is 3.51. The summed E-state index contributed by atoms with van der Waals surface area (Å²) >= 11 is 0. The maximum atomic E-state index is 12.5. The van der Waals surface area contributed by atoms with Crippen LogP contribution in [0.3, 0.4) is 0 Å². The summed E-state index contributed by atoms with van der Waals surface area (Å²) in [6.45, 7) is 6.99. The van der Waals surface area contributed by atoms with Gasteiger partial charge in [-0.3, -0.25) is 9.59 Å². The molecule has 0 radical (unpaired) electrons. The Morgan fingerprint density at radius 3 is 2.43 bits per heavy atom. The second-order valence-corrected chi connectivity index (χ2v) is 7.18. The van der Waals surface area contributed by atoms with E-state index in [1.54, 1.807) is 17.0 Å². The molecule has 6 heteroatoms. The van der Waals surface area contributed by atoms with E-state index in [1.165, 1.54) is 6.26 Å². The highest BCUT2D eigenvalue weighted by atomic mass is 16.5. The van der Waals surface area contributed by atoms with Gasteiger partial charge in [0.15, 0.2) is 5.76 Å². The number of hydrogen-bond acceptors (Lipinski definition) is 4. The van der Waals surface area contributed by atoms with Gasteiger partial charge in [-0.25, -0.2) is 0 Å². The van der Waals surface area contributed by atoms with Crippen LogP contribution < -0.4 is 4.74 Å². The van der Waals surface area contributed by atoms with Crippen molar-refractivity contribution in [1.82, 2.24) is 9.80 Å². The summed E-state index contributed by atoms with van der Waals surface area (Å²) in [5, 5.41) is 0. The summed E-state index contributed by atoms with van der Waals surface area (Å²) in [5.41, 5.74) is 2.22. The smallest absolute Gasteiger partial charge is 0.289 e. The summed E-state index contributed by atoms with van der Waals surface area (Å²) in [4.78, 5) is 28.6. The lowest BCUT2D eigenvalue weighted by atomic mass is 10.1. The van der Waals surface area contributed by atoms with Crippen molar-refractivity contribution >= 4 is 11.8 Å². The van der Waals surface area contributed by atoms with Gasteiger partial charge in [-0.2, -0.15) is 0 Å². The van der Waals surface area contributed by atoms with Crippen LogP contribution in [0, 0.1) is 13.8 Å². The minimum Gasteiger partial charge on any atom is -0.493 e. The number of nitrogens with zero attached hydrogens (tertiary/aromatic N) is 2. The Balaban J connectivity index is 1.43. The van der Waals surface area contributed by atoms with Crippen LogP contribution in [0.15, 0.2) is 41.0 Å². The molecule has 2 aromatic rings. The predicted molar refractivity (Wildman–Crippen MR) is 106 cm³/mol. The molecule has 0 unspecified atom stereocenters. The van der Waals surface area contributed by atoms with E-state index in [0.717, 1.165) is 23.3 Å². The first-order valence-electron chi connectivity index (χ1n) is 9.86. The molecule has 150 valence electrons. The predicted octanol–water partition coefficient (Wildman–Crippen LogP) is 3.43. The molecule has 1 aromatic carbocycles. The summed E-state index contributed by atoms with van der Waals surface area (Å²) in [7, 11) is 0. The van der Waals surface area contributed by atoms with Gasteiger partial charge in [-0.15, -0.1) is 0 Å². The van der Waals surface area contributed by atoms with Crippen LogP contribution in [0.25, 0.3) is 0 Å². The zero-order chi connectivity index (χ0) is 19.9. The van der Waals surface area contributed by atoms with Crippen molar-refractivity contribution in [3.05, 3.63) is 53.5 Å². The van der Waals surface area contributed by atoms with Gasteiger partial charge in [0.2, 0.25) is 5.91 Å². The van der Waals surface area contributed by atoms with Crippen molar-refractivity contribution in [2.75, 3.05) is 32.8 Å². The van der Waals surface area contributed by atoms with Crippen molar-refractivity contribution in [3.8, 4) is 5.75 Å². The fourth-order valence-electron chi connectivity index (χ4n) is 3.51. The Hall–Kier alpha value is -2.76. The maximum absolute atomic E-state index is 12.5. The lowest BCUT2D eigenvalue weighted by molar-refractivity contribution is -0.131. The van der Waals surface area contributed by atoms with E-state index in [-0.39, 0.29) is 11.8 Å². The Labute approximate surface area is 166 Å². The van der Waals surface area contributed by atoms with E-state index < -0.39 is 0 Å². The van der Waals surface area contributed by atoms with Crippen LogP contribution in [-0.4, -0.2) is 54.4 Å². The van der Waals surface area contributed by atoms with Crippen LogP contribution in [0.4, 0.5) is 0 Å². The standard InChI is InChI=1S/C22H28N2O4/c1-17-7-3-8-18(2)21(17)28-16-5-10-20(25)23-11-6-12-24(14-13-23)22(26)19-9-4-15-27-19/h3-4,7-9,15H,5-6,10-14,16H2,1-2H3. The molecule has 0 atom stereocenters. The molecule has 0 N–H and O–H groups in total. The highest BCUT2D eigenvalue weighted by Gasteiger charge is 2.23. The third-order valence-electron chi connectivity index (χ3n) is 5.06. The molecule has 0 spiro atoms.